The maximum Gasteiger partial charge on any atom is 0.114 e. The fraction of sp³-hybridized carbons (Fsp3) is 0.611. The standard InChI is InChI=1S/C18H25N3/c1-20-17-10-6-5-9-16(17)19-18(20)14-11-12-21(13-14)15-7-3-2-4-8-15/h5-6,9-10,14-15H,2-4,7-8,11-13H2,1H3. The van der Waals surface area contributed by atoms with Gasteiger partial charge in [0.25, 0.3) is 0 Å². The summed E-state index contributed by atoms with van der Waals surface area (Å²) in [5.41, 5.74) is 2.41. The van der Waals surface area contributed by atoms with E-state index in [0.29, 0.717) is 5.92 Å². The average molecular weight is 283 g/mol. The number of aryl methyl sites for hydroxylation is 1. The molecule has 0 N–H and O–H groups in total. The van der Waals surface area contributed by atoms with Gasteiger partial charge in [0.15, 0.2) is 0 Å². The molecular formula is C18H25N3. The molecular weight excluding hydrogens is 258 g/mol. The molecule has 1 saturated carbocycles. The van der Waals surface area contributed by atoms with Gasteiger partial charge >= 0.3 is 0 Å². The fourth-order valence-electron chi connectivity index (χ4n) is 4.31. The molecule has 1 atom stereocenters. The first-order valence-corrected chi connectivity index (χ1v) is 8.48. The lowest BCUT2D eigenvalue weighted by Crippen LogP contribution is -2.34. The maximum atomic E-state index is 4.91. The molecule has 0 bridgehead atoms. The van der Waals surface area contributed by atoms with Crippen molar-refractivity contribution in [3.8, 4) is 0 Å². The molecule has 1 unspecified atom stereocenters. The SMILES string of the molecule is Cn1c(C2CCN(C3CCCCC3)C2)nc2ccccc21. The second-order valence-corrected chi connectivity index (χ2v) is 6.79. The van der Waals surface area contributed by atoms with Crippen molar-refractivity contribution in [1.29, 1.82) is 0 Å². The van der Waals surface area contributed by atoms with Crippen LogP contribution in [0.15, 0.2) is 24.3 Å². The summed E-state index contributed by atoms with van der Waals surface area (Å²) in [6, 6.07) is 9.35. The van der Waals surface area contributed by atoms with E-state index in [4.69, 9.17) is 4.98 Å². The summed E-state index contributed by atoms with van der Waals surface area (Å²) in [4.78, 5) is 7.65. The Morgan fingerprint density at radius 2 is 1.86 bits per heavy atom. The predicted molar refractivity (Wildman–Crippen MR) is 86.5 cm³/mol. The van der Waals surface area contributed by atoms with Gasteiger partial charge in [0, 0.05) is 25.6 Å². The molecule has 1 saturated heterocycles. The van der Waals surface area contributed by atoms with Crippen LogP contribution in [-0.2, 0) is 7.05 Å². The first kappa shape index (κ1) is 13.3. The minimum absolute atomic E-state index is 0.615. The molecule has 0 amide bonds. The summed E-state index contributed by atoms with van der Waals surface area (Å²) in [6.45, 7) is 2.47. The highest BCUT2D eigenvalue weighted by Crippen LogP contribution is 2.33. The average Bonchev–Trinajstić information content (AvgIpc) is 3.14. The molecule has 1 aromatic carbocycles. The van der Waals surface area contributed by atoms with E-state index in [1.54, 1.807) is 0 Å². The molecule has 2 heterocycles. The van der Waals surface area contributed by atoms with Gasteiger partial charge in [-0.25, -0.2) is 4.98 Å². The molecule has 2 fully saturated rings. The van der Waals surface area contributed by atoms with Gasteiger partial charge in [-0.1, -0.05) is 31.4 Å². The Labute approximate surface area is 127 Å². The van der Waals surface area contributed by atoms with Gasteiger partial charge in [0.05, 0.1) is 11.0 Å². The number of rotatable bonds is 2. The van der Waals surface area contributed by atoms with Crippen LogP contribution in [0.25, 0.3) is 11.0 Å². The van der Waals surface area contributed by atoms with Crippen molar-refractivity contribution in [3.63, 3.8) is 0 Å². The van der Waals surface area contributed by atoms with Crippen LogP contribution >= 0.6 is 0 Å². The van der Waals surface area contributed by atoms with Crippen LogP contribution in [0.1, 0.15) is 50.3 Å². The molecule has 1 aliphatic carbocycles. The highest BCUT2D eigenvalue weighted by Gasteiger charge is 2.32. The number of benzene rings is 1. The lowest BCUT2D eigenvalue weighted by atomic mass is 9.94. The van der Waals surface area contributed by atoms with Crippen LogP contribution in [0, 0.1) is 0 Å². The van der Waals surface area contributed by atoms with E-state index in [2.05, 4.69) is 40.8 Å². The van der Waals surface area contributed by atoms with E-state index in [1.165, 1.54) is 63.0 Å². The smallest absolute Gasteiger partial charge is 0.114 e. The number of imidazole rings is 1. The monoisotopic (exact) mass is 283 g/mol. The second kappa shape index (κ2) is 5.45. The van der Waals surface area contributed by atoms with Gasteiger partial charge in [-0.15, -0.1) is 0 Å². The van der Waals surface area contributed by atoms with Crippen molar-refractivity contribution in [2.45, 2.75) is 50.5 Å². The number of aromatic nitrogens is 2. The summed E-state index contributed by atoms with van der Waals surface area (Å²) in [6.07, 6.45) is 8.40. The summed E-state index contributed by atoms with van der Waals surface area (Å²) in [5, 5.41) is 0. The van der Waals surface area contributed by atoms with Crippen molar-refractivity contribution in [2.75, 3.05) is 13.1 Å². The van der Waals surface area contributed by atoms with Gasteiger partial charge in [0.1, 0.15) is 5.82 Å². The number of para-hydroxylation sites is 2. The molecule has 0 spiro atoms. The molecule has 1 aliphatic heterocycles. The first-order chi connectivity index (χ1) is 10.3. The maximum absolute atomic E-state index is 4.91. The lowest BCUT2D eigenvalue weighted by molar-refractivity contribution is 0.189. The Kier molecular flexibility index (Phi) is 3.46. The quantitative estimate of drug-likeness (QED) is 0.838. The Balaban J connectivity index is 1.55. The molecule has 112 valence electrons. The van der Waals surface area contributed by atoms with E-state index in [-0.39, 0.29) is 0 Å². The Bertz CT molecular complexity index is 624. The Morgan fingerprint density at radius 1 is 1.05 bits per heavy atom. The zero-order valence-electron chi connectivity index (χ0n) is 13.0. The zero-order chi connectivity index (χ0) is 14.2. The lowest BCUT2D eigenvalue weighted by Gasteiger charge is -2.31. The molecule has 21 heavy (non-hydrogen) atoms. The predicted octanol–water partition coefficient (Wildman–Crippen LogP) is 3.70. The molecule has 1 aromatic heterocycles. The minimum Gasteiger partial charge on any atom is -0.331 e. The second-order valence-electron chi connectivity index (χ2n) is 6.79. The third-order valence-corrected chi connectivity index (χ3v) is 5.50. The summed E-state index contributed by atoms with van der Waals surface area (Å²) in [5.74, 6) is 1.90. The third-order valence-electron chi connectivity index (χ3n) is 5.50. The Morgan fingerprint density at radius 3 is 2.67 bits per heavy atom. The number of likely N-dealkylation sites (tertiary alicyclic amines) is 1. The molecule has 2 aliphatic rings. The van der Waals surface area contributed by atoms with Crippen LogP contribution in [0.5, 0.6) is 0 Å². The number of fused-ring (bicyclic) bond motifs is 1. The zero-order valence-corrected chi connectivity index (χ0v) is 13.0. The van der Waals surface area contributed by atoms with E-state index in [9.17, 15) is 0 Å². The number of hydrogen-bond donors (Lipinski definition) is 0. The van der Waals surface area contributed by atoms with Gasteiger partial charge in [-0.3, -0.25) is 4.90 Å². The first-order valence-electron chi connectivity index (χ1n) is 8.48. The fourth-order valence-corrected chi connectivity index (χ4v) is 4.31. The van der Waals surface area contributed by atoms with Gasteiger partial charge in [-0.2, -0.15) is 0 Å². The van der Waals surface area contributed by atoms with E-state index in [1.807, 2.05) is 0 Å². The molecule has 4 rings (SSSR count). The van der Waals surface area contributed by atoms with Gasteiger partial charge < -0.3 is 4.57 Å². The van der Waals surface area contributed by atoms with E-state index >= 15 is 0 Å². The summed E-state index contributed by atoms with van der Waals surface area (Å²) >= 11 is 0. The van der Waals surface area contributed by atoms with E-state index < -0.39 is 0 Å². The normalized spacial score (nSPS) is 24.9. The van der Waals surface area contributed by atoms with Crippen LogP contribution < -0.4 is 0 Å². The van der Waals surface area contributed by atoms with Crippen molar-refractivity contribution < 1.29 is 0 Å². The van der Waals surface area contributed by atoms with Gasteiger partial charge in [-0.05, 0) is 37.9 Å². The molecule has 3 nitrogen and oxygen atoms in total. The van der Waals surface area contributed by atoms with Crippen LogP contribution in [0.3, 0.4) is 0 Å². The van der Waals surface area contributed by atoms with E-state index in [0.717, 1.165) is 11.6 Å². The minimum atomic E-state index is 0.615. The molecule has 2 aromatic rings. The summed E-state index contributed by atoms with van der Waals surface area (Å²) < 4.78 is 2.31. The van der Waals surface area contributed by atoms with Gasteiger partial charge in [0.2, 0.25) is 0 Å². The Hall–Kier alpha value is -1.35. The van der Waals surface area contributed by atoms with Crippen LogP contribution in [0.2, 0.25) is 0 Å². The van der Waals surface area contributed by atoms with Crippen molar-refractivity contribution in [2.24, 2.45) is 7.05 Å². The highest BCUT2D eigenvalue weighted by molar-refractivity contribution is 5.75. The number of hydrogen-bond acceptors (Lipinski definition) is 2. The van der Waals surface area contributed by atoms with Crippen LogP contribution in [0.4, 0.5) is 0 Å². The molecule has 0 radical (unpaired) electrons. The van der Waals surface area contributed by atoms with Crippen LogP contribution in [-0.4, -0.2) is 33.6 Å². The van der Waals surface area contributed by atoms with Crippen molar-refractivity contribution >= 4 is 11.0 Å². The topological polar surface area (TPSA) is 21.1 Å². The number of nitrogens with zero attached hydrogens (tertiary/aromatic N) is 3. The van der Waals surface area contributed by atoms with Crippen molar-refractivity contribution in [3.05, 3.63) is 30.1 Å². The largest absolute Gasteiger partial charge is 0.331 e. The molecule has 3 heteroatoms. The highest BCUT2D eigenvalue weighted by atomic mass is 15.2. The summed E-state index contributed by atoms with van der Waals surface area (Å²) in [7, 11) is 2.17. The van der Waals surface area contributed by atoms with Crippen molar-refractivity contribution in [1.82, 2.24) is 14.5 Å². The third kappa shape index (κ3) is 2.38.